The lowest BCUT2D eigenvalue weighted by Gasteiger charge is -2.12. The van der Waals surface area contributed by atoms with Crippen molar-refractivity contribution >= 4 is 10.9 Å². The van der Waals surface area contributed by atoms with Crippen LogP contribution in [-0.2, 0) is 6.54 Å². The minimum atomic E-state index is -0.0889. The molecule has 6 nitrogen and oxygen atoms in total. The molecule has 0 aliphatic heterocycles. The minimum Gasteiger partial charge on any atom is -0.424 e. The zero-order valence-electron chi connectivity index (χ0n) is 13.7. The molecule has 0 spiro atoms. The Morgan fingerprint density at radius 1 is 1.22 bits per heavy atom. The second-order valence-corrected chi connectivity index (χ2v) is 5.87. The van der Waals surface area contributed by atoms with Gasteiger partial charge in [-0.3, -0.25) is 4.79 Å². The van der Waals surface area contributed by atoms with Gasteiger partial charge in [-0.05, 0) is 31.9 Å². The van der Waals surface area contributed by atoms with Crippen molar-refractivity contribution in [3.63, 3.8) is 0 Å². The lowest BCUT2D eigenvalue weighted by atomic mass is 10.0. The normalized spacial score (nSPS) is 12.7. The molecule has 0 saturated heterocycles. The minimum absolute atomic E-state index is 0.0398. The molecule has 0 radical (unpaired) electrons. The van der Waals surface area contributed by atoms with Gasteiger partial charge in [0, 0.05) is 30.6 Å². The van der Waals surface area contributed by atoms with Crippen LogP contribution in [0.3, 0.4) is 0 Å². The number of rotatable bonds is 4. The maximum atomic E-state index is 12.4. The fourth-order valence-corrected chi connectivity index (χ4v) is 2.65. The van der Waals surface area contributed by atoms with Gasteiger partial charge in [0.15, 0.2) is 5.43 Å². The van der Waals surface area contributed by atoms with Crippen molar-refractivity contribution in [1.82, 2.24) is 20.5 Å². The number of pyridine rings is 1. The van der Waals surface area contributed by atoms with Crippen LogP contribution >= 0.6 is 0 Å². The molecule has 0 fully saturated rings. The number of hydrogen-bond acceptors (Lipinski definition) is 5. The van der Waals surface area contributed by atoms with Gasteiger partial charge < -0.3 is 14.7 Å². The molecule has 3 rings (SSSR count). The van der Waals surface area contributed by atoms with E-state index in [0.717, 1.165) is 27.7 Å². The summed E-state index contributed by atoms with van der Waals surface area (Å²) in [7, 11) is 0. The van der Waals surface area contributed by atoms with Crippen molar-refractivity contribution in [2.75, 3.05) is 0 Å². The van der Waals surface area contributed by atoms with Gasteiger partial charge in [-0.2, -0.15) is 0 Å². The lowest BCUT2D eigenvalue weighted by Crippen LogP contribution is -2.20. The quantitative estimate of drug-likeness (QED) is 0.774. The summed E-state index contributed by atoms with van der Waals surface area (Å²) in [6.45, 7) is 8.17. The standard InChI is InChI=1S/C17H20N4O2/c1-9-5-6-10(2)16-15(9)14(22)7-13(19-16)8-18-11(3)17-21-20-12(4)23-17/h5-7,11,18H,8H2,1-4H3,(H,19,22). The molecule has 120 valence electrons. The second-order valence-electron chi connectivity index (χ2n) is 5.87. The van der Waals surface area contributed by atoms with Gasteiger partial charge in [-0.15, -0.1) is 10.2 Å². The SMILES string of the molecule is Cc1nnc(C(C)NCc2cc(=O)c3c(C)ccc(C)c3[nH]2)o1. The molecule has 0 aliphatic carbocycles. The van der Waals surface area contributed by atoms with E-state index in [1.807, 2.05) is 32.9 Å². The van der Waals surface area contributed by atoms with E-state index in [0.29, 0.717) is 18.3 Å². The predicted octanol–water partition coefficient (Wildman–Crippen LogP) is 2.69. The molecule has 0 bridgehead atoms. The summed E-state index contributed by atoms with van der Waals surface area (Å²) in [5, 5.41) is 11.9. The van der Waals surface area contributed by atoms with E-state index in [-0.39, 0.29) is 11.5 Å². The Kier molecular flexibility index (Phi) is 4.00. The monoisotopic (exact) mass is 312 g/mol. The highest BCUT2D eigenvalue weighted by Gasteiger charge is 2.13. The molecule has 2 heterocycles. The van der Waals surface area contributed by atoms with Crippen LogP contribution < -0.4 is 10.7 Å². The highest BCUT2D eigenvalue weighted by Crippen LogP contribution is 2.18. The second kappa shape index (κ2) is 5.96. The Labute approximate surface area is 133 Å². The Morgan fingerprint density at radius 2 is 1.96 bits per heavy atom. The van der Waals surface area contributed by atoms with E-state index < -0.39 is 0 Å². The summed E-state index contributed by atoms with van der Waals surface area (Å²) in [6, 6.07) is 5.56. The third kappa shape index (κ3) is 3.03. The maximum absolute atomic E-state index is 12.4. The Hall–Kier alpha value is -2.47. The largest absolute Gasteiger partial charge is 0.424 e. The Bertz CT molecular complexity index is 911. The van der Waals surface area contributed by atoms with E-state index >= 15 is 0 Å². The van der Waals surface area contributed by atoms with Gasteiger partial charge in [0.25, 0.3) is 0 Å². The highest BCUT2D eigenvalue weighted by atomic mass is 16.4. The zero-order chi connectivity index (χ0) is 16.6. The molecule has 6 heteroatoms. The first-order valence-corrected chi connectivity index (χ1v) is 7.61. The third-order valence-corrected chi connectivity index (χ3v) is 3.97. The molecule has 3 aromatic rings. The van der Waals surface area contributed by atoms with Gasteiger partial charge in [0.2, 0.25) is 11.8 Å². The fourth-order valence-electron chi connectivity index (χ4n) is 2.65. The average molecular weight is 312 g/mol. The van der Waals surface area contributed by atoms with Crippen molar-refractivity contribution in [3.05, 3.63) is 57.0 Å². The first kappa shape index (κ1) is 15.4. The van der Waals surface area contributed by atoms with E-state index in [1.165, 1.54) is 0 Å². The first-order valence-electron chi connectivity index (χ1n) is 7.61. The van der Waals surface area contributed by atoms with Crippen LogP contribution in [0, 0.1) is 20.8 Å². The van der Waals surface area contributed by atoms with E-state index in [4.69, 9.17) is 4.42 Å². The van der Waals surface area contributed by atoms with Gasteiger partial charge in [-0.1, -0.05) is 12.1 Å². The Morgan fingerprint density at radius 3 is 2.65 bits per heavy atom. The number of hydrogen-bond donors (Lipinski definition) is 2. The summed E-state index contributed by atoms with van der Waals surface area (Å²) < 4.78 is 5.41. The summed E-state index contributed by atoms with van der Waals surface area (Å²) >= 11 is 0. The number of aryl methyl sites for hydroxylation is 3. The molecule has 2 aromatic heterocycles. The average Bonchev–Trinajstić information content (AvgIpc) is 2.95. The van der Waals surface area contributed by atoms with Crippen LogP contribution in [0.5, 0.6) is 0 Å². The van der Waals surface area contributed by atoms with E-state index in [9.17, 15) is 4.79 Å². The summed E-state index contributed by atoms with van der Waals surface area (Å²) in [4.78, 5) is 15.8. The number of aromatic nitrogens is 3. The molecule has 1 atom stereocenters. The van der Waals surface area contributed by atoms with Crippen molar-refractivity contribution in [1.29, 1.82) is 0 Å². The molecular formula is C17H20N4O2. The fraction of sp³-hybridized carbons (Fsp3) is 0.353. The molecule has 2 N–H and O–H groups in total. The van der Waals surface area contributed by atoms with Crippen LogP contribution in [0.2, 0.25) is 0 Å². The topological polar surface area (TPSA) is 83.8 Å². The third-order valence-electron chi connectivity index (χ3n) is 3.97. The summed E-state index contributed by atoms with van der Waals surface area (Å²) in [5.41, 5.74) is 3.82. The van der Waals surface area contributed by atoms with Crippen molar-refractivity contribution in [2.45, 2.75) is 40.3 Å². The number of nitrogens with one attached hydrogen (secondary N) is 2. The first-order chi connectivity index (χ1) is 11.0. The molecule has 1 aromatic carbocycles. The molecule has 0 saturated carbocycles. The lowest BCUT2D eigenvalue weighted by molar-refractivity contribution is 0.400. The molecule has 0 aliphatic rings. The number of nitrogens with zero attached hydrogens (tertiary/aromatic N) is 2. The maximum Gasteiger partial charge on any atom is 0.233 e. The molecular weight excluding hydrogens is 292 g/mol. The van der Waals surface area contributed by atoms with Crippen LogP contribution in [0.1, 0.15) is 41.6 Å². The molecule has 23 heavy (non-hydrogen) atoms. The van der Waals surface area contributed by atoms with E-state index in [1.54, 1.807) is 13.0 Å². The van der Waals surface area contributed by atoms with Crippen molar-refractivity contribution in [3.8, 4) is 0 Å². The summed E-state index contributed by atoms with van der Waals surface area (Å²) in [5.74, 6) is 1.08. The van der Waals surface area contributed by atoms with Gasteiger partial charge in [-0.25, -0.2) is 0 Å². The highest BCUT2D eigenvalue weighted by molar-refractivity contribution is 5.84. The zero-order valence-corrected chi connectivity index (χ0v) is 13.7. The van der Waals surface area contributed by atoms with Crippen LogP contribution in [-0.4, -0.2) is 15.2 Å². The Balaban J connectivity index is 1.86. The molecule has 0 amide bonds. The number of benzene rings is 1. The van der Waals surface area contributed by atoms with Crippen molar-refractivity contribution < 1.29 is 4.42 Å². The van der Waals surface area contributed by atoms with Crippen LogP contribution in [0.15, 0.2) is 27.4 Å². The van der Waals surface area contributed by atoms with Gasteiger partial charge >= 0.3 is 0 Å². The predicted molar refractivity (Wildman–Crippen MR) is 88.3 cm³/mol. The number of H-pyrrole nitrogens is 1. The molecule has 1 unspecified atom stereocenters. The smallest absolute Gasteiger partial charge is 0.233 e. The summed E-state index contributed by atoms with van der Waals surface area (Å²) in [6.07, 6.45) is 0. The number of fused-ring (bicyclic) bond motifs is 1. The van der Waals surface area contributed by atoms with E-state index in [2.05, 4.69) is 20.5 Å². The van der Waals surface area contributed by atoms with Gasteiger partial charge in [0.1, 0.15) is 0 Å². The number of aromatic amines is 1. The van der Waals surface area contributed by atoms with Gasteiger partial charge in [0.05, 0.1) is 11.6 Å². The van der Waals surface area contributed by atoms with Crippen LogP contribution in [0.25, 0.3) is 10.9 Å². The van der Waals surface area contributed by atoms with Crippen molar-refractivity contribution in [2.24, 2.45) is 0 Å². The van der Waals surface area contributed by atoms with Crippen LogP contribution in [0.4, 0.5) is 0 Å².